The maximum absolute atomic E-state index is 12.2. The second-order valence-electron chi connectivity index (χ2n) is 7.00. The lowest BCUT2D eigenvalue weighted by Gasteiger charge is -2.16. The van der Waals surface area contributed by atoms with Crippen molar-refractivity contribution >= 4 is 22.7 Å². The molecule has 3 rings (SSSR count). The summed E-state index contributed by atoms with van der Waals surface area (Å²) in [6, 6.07) is 6.36. The van der Waals surface area contributed by atoms with Crippen LogP contribution in [0.3, 0.4) is 0 Å². The molecule has 1 fully saturated rings. The number of nitrogens with zero attached hydrogens (tertiary/aromatic N) is 1. The van der Waals surface area contributed by atoms with Crippen LogP contribution in [0.2, 0.25) is 0 Å². The number of fused-ring (bicyclic) bond motifs is 1. The normalized spacial score (nSPS) is 17.4. The fourth-order valence-electron chi connectivity index (χ4n) is 3.45. The van der Waals surface area contributed by atoms with Crippen LogP contribution in [0.1, 0.15) is 37.3 Å². The second-order valence-corrected chi connectivity index (χ2v) is 7.00. The van der Waals surface area contributed by atoms with Gasteiger partial charge in [-0.3, -0.25) is 9.59 Å². The number of benzene rings is 1. The SMILES string of the molecule is CCCCNC(=O)[C@H]1CC(=O)N(CCc2c[nH]c3ccc(C)cc23)C1. The zero-order valence-electron chi connectivity index (χ0n) is 15.1. The molecule has 2 heterocycles. The van der Waals surface area contributed by atoms with Crippen LogP contribution < -0.4 is 5.32 Å². The molecule has 0 bridgehead atoms. The molecule has 2 aromatic rings. The van der Waals surface area contributed by atoms with Crippen molar-refractivity contribution in [1.29, 1.82) is 0 Å². The maximum Gasteiger partial charge on any atom is 0.225 e. The van der Waals surface area contributed by atoms with Gasteiger partial charge in [-0.15, -0.1) is 0 Å². The van der Waals surface area contributed by atoms with E-state index in [0.29, 0.717) is 26.1 Å². The van der Waals surface area contributed by atoms with Gasteiger partial charge in [0.1, 0.15) is 0 Å². The van der Waals surface area contributed by atoms with Crippen LogP contribution in [-0.4, -0.2) is 41.3 Å². The molecule has 0 unspecified atom stereocenters. The number of hydrogen-bond acceptors (Lipinski definition) is 2. The first-order valence-electron chi connectivity index (χ1n) is 9.20. The zero-order chi connectivity index (χ0) is 17.8. The minimum absolute atomic E-state index is 0.0204. The molecule has 1 aliphatic heterocycles. The Morgan fingerprint density at radius 2 is 2.24 bits per heavy atom. The van der Waals surface area contributed by atoms with Crippen LogP contribution in [0.5, 0.6) is 0 Å². The Morgan fingerprint density at radius 1 is 1.40 bits per heavy atom. The van der Waals surface area contributed by atoms with E-state index in [1.807, 2.05) is 11.1 Å². The van der Waals surface area contributed by atoms with Crippen molar-refractivity contribution in [2.75, 3.05) is 19.6 Å². The minimum Gasteiger partial charge on any atom is -0.361 e. The summed E-state index contributed by atoms with van der Waals surface area (Å²) in [7, 11) is 0. The standard InChI is InChI=1S/C20H27N3O2/c1-3-4-8-21-20(25)16-11-19(24)23(13-16)9-7-15-12-22-18-6-5-14(2)10-17(15)18/h5-6,10,12,16,22H,3-4,7-9,11,13H2,1-2H3,(H,21,25)/t16-/m0/s1. The van der Waals surface area contributed by atoms with Gasteiger partial charge in [0.15, 0.2) is 0 Å². The third kappa shape index (κ3) is 4.03. The monoisotopic (exact) mass is 341 g/mol. The number of likely N-dealkylation sites (tertiary alicyclic amines) is 1. The summed E-state index contributed by atoms with van der Waals surface area (Å²) in [5.41, 5.74) is 3.58. The number of carbonyl (C=O) groups excluding carboxylic acids is 2. The van der Waals surface area contributed by atoms with E-state index < -0.39 is 0 Å². The van der Waals surface area contributed by atoms with E-state index in [1.54, 1.807) is 0 Å². The molecule has 0 radical (unpaired) electrons. The average Bonchev–Trinajstić information content (AvgIpc) is 3.16. The smallest absolute Gasteiger partial charge is 0.225 e. The van der Waals surface area contributed by atoms with Gasteiger partial charge < -0.3 is 15.2 Å². The van der Waals surface area contributed by atoms with E-state index in [9.17, 15) is 9.59 Å². The van der Waals surface area contributed by atoms with Gasteiger partial charge in [0, 0.05) is 43.2 Å². The largest absolute Gasteiger partial charge is 0.361 e. The molecule has 134 valence electrons. The number of aromatic amines is 1. The Hall–Kier alpha value is -2.30. The van der Waals surface area contributed by atoms with Crippen molar-refractivity contribution in [3.63, 3.8) is 0 Å². The van der Waals surface area contributed by atoms with Crippen LogP contribution in [-0.2, 0) is 16.0 Å². The highest BCUT2D eigenvalue weighted by Gasteiger charge is 2.33. The van der Waals surface area contributed by atoms with Gasteiger partial charge in [-0.1, -0.05) is 25.0 Å². The highest BCUT2D eigenvalue weighted by atomic mass is 16.2. The number of rotatable bonds is 7. The summed E-state index contributed by atoms with van der Waals surface area (Å²) in [6.07, 6.45) is 5.21. The van der Waals surface area contributed by atoms with Gasteiger partial charge in [-0.2, -0.15) is 0 Å². The summed E-state index contributed by atoms with van der Waals surface area (Å²) < 4.78 is 0. The van der Waals surface area contributed by atoms with Gasteiger partial charge in [0.2, 0.25) is 11.8 Å². The number of nitrogens with one attached hydrogen (secondary N) is 2. The van der Waals surface area contributed by atoms with E-state index in [0.717, 1.165) is 24.8 Å². The number of hydrogen-bond donors (Lipinski definition) is 2. The molecular formula is C20H27N3O2. The highest BCUT2D eigenvalue weighted by molar-refractivity contribution is 5.89. The molecule has 1 aliphatic rings. The van der Waals surface area contributed by atoms with E-state index in [1.165, 1.54) is 16.5 Å². The Labute approximate surface area is 148 Å². The first-order chi connectivity index (χ1) is 12.1. The van der Waals surface area contributed by atoms with E-state index in [4.69, 9.17) is 0 Å². The molecule has 25 heavy (non-hydrogen) atoms. The van der Waals surface area contributed by atoms with Crippen molar-refractivity contribution in [2.45, 2.75) is 39.5 Å². The lowest BCUT2D eigenvalue weighted by atomic mass is 10.1. The molecule has 0 aliphatic carbocycles. The number of carbonyl (C=O) groups is 2. The summed E-state index contributed by atoms with van der Waals surface area (Å²) in [5.74, 6) is -0.0896. The summed E-state index contributed by atoms with van der Waals surface area (Å²) in [5, 5.41) is 4.17. The molecular weight excluding hydrogens is 314 g/mol. The van der Waals surface area contributed by atoms with Crippen LogP contribution in [0.4, 0.5) is 0 Å². The van der Waals surface area contributed by atoms with Gasteiger partial charge in [0.05, 0.1) is 5.92 Å². The van der Waals surface area contributed by atoms with Crippen molar-refractivity contribution in [3.05, 3.63) is 35.5 Å². The number of aryl methyl sites for hydroxylation is 1. The van der Waals surface area contributed by atoms with Gasteiger partial charge in [-0.05, 0) is 37.5 Å². The third-order valence-electron chi connectivity index (χ3n) is 4.99. The fraction of sp³-hybridized carbons (Fsp3) is 0.500. The maximum atomic E-state index is 12.2. The lowest BCUT2D eigenvalue weighted by molar-refractivity contribution is -0.129. The Kier molecular flexibility index (Phi) is 5.41. The molecule has 1 aromatic heterocycles. The van der Waals surface area contributed by atoms with Crippen molar-refractivity contribution in [3.8, 4) is 0 Å². The molecule has 1 saturated heterocycles. The second kappa shape index (κ2) is 7.72. The Bertz CT molecular complexity index is 765. The van der Waals surface area contributed by atoms with E-state index >= 15 is 0 Å². The van der Waals surface area contributed by atoms with Crippen molar-refractivity contribution < 1.29 is 9.59 Å². The van der Waals surface area contributed by atoms with Crippen molar-refractivity contribution in [1.82, 2.24) is 15.2 Å². The first-order valence-corrected chi connectivity index (χ1v) is 9.20. The predicted molar refractivity (Wildman–Crippen MR) is 99.3 cm³/mol. The van der Waals surface area contributed by atoms with E-state index in [2.05, 4.69) is 42.3 Å². The molecule has 1 atom stereocenters. The third-order valence-corrected chi connectivity index (χ3v) is 4.99. The predicted octanol–water partition coefficient (Wildman–Crippen LogP) is 2.78. The number of H-pyrrole nitrogens is 1. The quantitative estimate of drug-likeness (QED) is 0.761. The summed E-state index contributed by atoms with van der Waals surface area (Å²) in [6.45, 7) is 6.09. The summed E-state index contributed by atoms with van der Waals surface area (Å²) in [4.78, 5) is 29.5. The number of aromatic nitrogens is 1. The topological polar surface area (TPSA) is 65.2 Å². The molecule has 0 saturated carbocycles. The molecule has 2 N–H and O–H groups in total. The van der Waals surface area contributed by atoms with Gasteiger partial charge in [0.25, 0.3) is 0 Å². The Balaban J connectivity index is 1.57. The Morgan fingerprint density at radius 3 is 3.04 bits per heavy atom. The van der Waals surface area contributed by atoms with Crippen molar-refractivity contribution in [2.24, 2.45) is 5.92 Å². The van der Waals surface area contributed by atoms with Crippen LogP contribution in [0.15, 0.2) is 24.4 Å². The van der Waals surface area contributed by atoms with Gasteiger partial charge >= 0.3 is 0 Å². The van der Waals surface area contributed by atoms with Crippen LogP contribution >= 0.6 is 0 Å². The fourth-order valence-corrected chi connectivity index (χ4v) is 3.45. The summed E-state index contributed by atoms with van der Waals surface area (Å²) >= 11 is 0. The molecule has 5 nitrogen and oxygen atoms in total. The zero-order valence-corrected chi connectivity index (χ0v) is 15.1. The van der Waals surface area contributed by atoms with Gasteiger partial charge in [-0.25, -0.2) is 0 Å². The molecule has 2 amide bonds. The van der Waals surface area contributed by atoms with Crippen LogP contribution in [0.25, 0.3) is 10.9 Å². The average molecular weight is 341 g/mol. The first kappa shape index (κ1) is 17.5. The lowest BCUT2D eigenvalue weighted by Crippen LogP contribution is -2.34. The molecule has 1 aromatic carbocycles. The molecule has 0 spiro atoms. The van der Waals surface area contributed by atoms with E-state index in [-0.39, 0.29) is 17.7 Å². The van der Waals surface area contributed by atoms with Crippen LogP contribution in [0, 0.1) is 12.8 Å². The highest BCUT2D eigenvalue weighted by Crippen LogP contribution is 2.22. The minimum atomic E-state index is -0.199. The molecule has 5 heteroatoms. The number of unbranched alkanes of at least 4 members (excludes halogenated alkanes) is 1. The number of amides is 2.